The van der Waals surface area contributed by atoms with Crippen molar-refractivity contribution in [2.45, 2.75) is 6.54 Å². The topological polar surface area (TPSA) is 70.7 Å². The summed E-state index contributed by atoms with van der Waals surface area (Å²) in [7, 11) is 0. The van der Waals surface area contributed by atoms with E-state index in [0.717, 1.165) is 33.1 Å². The Morgan fingerprint density at radius 2 is 1.74 bits per heavy atom. The summed E-state index contributed by atoms with van der Waals surface area (Å²) in [6.45, 7) is 0.443. The quantitative estimate of drug-likeness (QED) is 0.406. The summed E-state index contributed by atoms with van der Waals surface area (Å²) < 4.78 is 0. The number of hydrogen-bond acceptors (Lipinski definition) is 3. The SMILES string of the molecule is O=C(NCc1ccccc1)/C(=C/c1ccc2ncccc2c1)c1nc2ccccc2[nH]1. The number of aromatic nitrogens is 3. The summed E-state index contributed by atoms with van der Waals surface area (Å²) in [5.41, 5.74) is 5.06. The first kappa shape index (κ1) is 18.8. The second-order valence-corrected chi connectivity index (χ2v) is 7.28. The Bertz CT molecular complexity index is 1370. The van der Waals surface area contributed by atoms with Gasteiger partial charge in [-0.05, 0) is 47.5 Å². The minimum atomic E-state index is -0.186. The Kier molecular flexibility index (Phi) is 4.99. The van der Waals surface area contributed by atoms with Gasteiger partial charge < -0.3 is 10.3 Å². The third kappa shape index (κ3) is 4.07. The first-order chi connectivity index (χ1) is 15.3. The fourth-order valence-corrected chi connectivity index (χ4v) is 3.55. The maximum absolute atomic E-state index is 13.2. The summed E-state index contributed by atoms with van der Waals surface area (Å²) >= 11 is 0. The zero-order chi connectivity index (χ0) is 21.0. The summed E-state index contributed by atoms with van der Waals surface area (Å²) in [4.78, 5) is 25.5. The van der Waals surface area contributed by atoms with E-state index in [0.29, 0.717) is 17.9 Å². The van der Waals surface area contributed by atoms with Gasteiger partial charge in [0.2, 0.25) is 0 Å². The predicted molar refractivity (Wildman–Crippen MR) is 124 cm³/mol. The molecule has 0 aliphatic rings. The zero-order valence-corrected chi connectivity index (χ0v) is 16.7. The molecule has 150 valence electrons. The van der Waals surface area contributed by atoms with Crippen LogP contribution in [-0.4, -0.2) is 20.9 Å². The number of pyridine rings is 1. The minimum absolute atomic E-state index is 0.186. The number of nitrogens with one attached hydrogen (secondary N) is 2. The lowest BCUT2D eigenvalue weighted by molar-refractivity contribution is -0.115. The molecule has 0 atom stereocenters. The molecule has 0 saturated heterocycles. The number of amides is 1. The molecule has 0 aliphatic carbocycles. The zero-order valence-electron chi connectivity index (χ0n) is 16.7. The molecule has 5 nitrogen and oxygen atoms in total. The lowest BCUT2D eigenvalue weighted by Crippen LogP contribution is -2.24. The van der Waals surface area contributed by atoms with Crippen LogP contribution >= 0.6 is 0 Å². The summed E-state index contributed by atoms with van der Waals surface area (Å²) in [6, 6.07) is 27.5. The number of hydrogen-bond donors (Lipinski definition) is 2. The first-order valence-electron chi connectivity index (χ1n) is 10.1. The van der Waals surface area contributed by atoms with Gasteiger partial charge in [-0.15, -0.1) is 0 Å². The highest BCUT2D eigenvalue weighted by Crippen LogP contribution is 2.22. The van der Waals surface area contributed by atoms with E-state index in [9.17, 15) is 4.79 Å². The van der Waals surface area contributed by atoms with Crippen molar-refractivity contribution in [3.8, 4) is 0 Å². The normalized spacial score (nSPS) is 11.7. The molecule has 0 spiro atoms. The largest absolute Gasteiger partial charge is 0.348 e. The number of fused-ring (bicyclic) bond motifs is 2. The molecule has 31 heavy (non-hydrogen) atoms. The second-order valence-electron chi connectivity index (χ2n) is 7.28. The maximum Gasteiger partial charge on any atom is 0.255 e. The standard InChI is InChI=1S/C26H20N4O/c31-26(28-17-18-7-2-1-3-8-18)21(25-29-23-10-4-5-11-24(23)30-25)16-19-12-13-22-20(15-19)9-6-14-27-22/h1-16H,17H2,(H,28,31)(H,29,30)/b21-16+. The fraction of sp³-hybridized carbons (Fsp3) is 0.0385. The van der Waals surface area contributed by atoms with E-state index < -0.39 is 0 Å². The Morgan fingerprint density at radius 1 is 0.903 bits per heavy atom. The Hall–Kier alpha value is -4.25. The van der Waals surface area contributed by atoms with Gasteiger partial charge in [-0.3, -0.25) is 9.78 Å². The maximum atomic E-state index is 13.2. The van der Waals surface area contributed by atoms with Crippen molar-refractivity contribution in [3.05, 3.63) is 108 Å². The molecule has 2 heterocycles. The molecule has 2 N–H and O–H groups in total. The number of nitrogens with zero attached hydrogens (tertiary/aromatic N) is 2. The van der Waals surface area contributed by atoms with Crippen LogP contribution in [0.1, 0.15) is 17.0 Å². The number of benzene rings is 3. The third-order valence-corrected chi connectivity index (χ3v) is 5.12. The van der Waals surface area contributed by atoms with Crippen LogP contribution in [0.15, 0.2) is 91.1 Å². The van der Waals surface area contributed by atoms with Gasteiger partial charge in [-0.25, -0.2) is 4.98 Å². The third-order valence-electron chi connectivity index (χ3n) is 5.12. The fourth-order valence-electron chi connectivity index (χ4n) is 3.55. The van der Waals surface area contributed by atoms with E-state index in [1.54, 1.807) is 6.20 Å². The smallest absolute Gasteiger partial charge is 0.255 e. The Morgan fingerprint density at radius 3 is 2.61 bits per heavy atom. The van der Waals surface area contributed by atoms with Gasteiger partial charge in [0.15, 0.2) is 0 Å². The Labute approximate surface area is 179 Å². The highest BCUT2D eigenvalue weighted by atomic mass is 16.1. The average Bonchev–Trinajstić information content (AvgIpc) is 3.25. The molecule has 5 heteroatoms. The number of aromatic amines is 1. The molecular weight excluding hydrogens is 384 g/mol. The molecule has 0 fully saturated rings. The monoisotopic (exact) mass is 404 g/mol. The lowest BCUT2D eigenvalue weighted by atomic mass is 10.1. The molecule has 3 aromatic carbocycles. The van der Waals surface area contributed by atoms with Crippen molar-refractivity contribution < 1.29 is 4.79 Å². The van der Waals surface area contributed by atoms with Crippen molar-refractivity contribution in [1.29, 1.82) is 0 Å². The van der Waals surface area contributed by atoms with Gasteiger partial charge in [-0.1, -0.05) is 54.6 Å². The molecule has 0 radical (unpaired) electrons. The van der Waals surface area contributed by atoms with E-state index in [-0.39, 0.29) is 5.91 Å². The number of para-hydroxylation sites is 2. The van der Waals surface area contributed by atoms with Crippen LogP contribution in [-0.2, 0) is 11.3 Å². The van der Waals surface area contributed by atoms with Gasteiger partial charge in [-0.2, -0.15) is 0 Å². The number of carbonyl (C=O) groups is 1. The van der Waals surface area contributed by atoms with E-state index >= 15 is 0 Å². The van der Waals surface area contributed by atoms with E-state index in [2.05, 4.69) is 20.3 Å². The van der Waals surface area contributed by atoms with Crippen LogP contribution < -0.4 is 5.32 Å². The van der Waals surface area contributed by atoms with E-state index in [4.69, 9.17) is 0 Å². The summed E-state index contributed by atoms with van der Waals surface area (Å²) in [5.74, 6) is 0.354. The van der Waals surface area contributed by atoms with Crippen LogP contribution in [0.4, 0.5) is 0 Å². The number of imidazole rings is 1. The summed E-state index contributed by atoms with van der Waals surface area (Å²) in [5, 5.41) is 4.04. The molecule has 0 saturated carbocycles. The van der Waals surface area contributed by atoms with Crippen LogP contribution in [0.2, 0.25) is 0 Å². The second kappa shape index (κ2) is 8.24. The highest BCUT2D eigenvalue weighted by molar-refractivity contribution is 6.23. The predicted octanol–water partition coefficient (Wildman–Crippen LogP) is 4.97. The van der Waals surface area contributed by atoms with Crippen molar-refractivity contribution in [2.24, 2.45) is 0 Å². The van der Waals surface area contributed by atoms with Crippen molar-refractivity contribution in [2.75, 3.05) is 0 Å². The molecule has 1 amide bonds. The molecule has 0 bridgehead atoms. The summed E-state index contributed by atoms with van der Waals surface area (Å²) in [6.07, 6.45) is 3.64. The van der Waals surface area contributed by atoms with Gasteiger partial charge in [0.05, 0.1) is 22.1 Å². The van der Waals surface area contributed by atoms with Crippen LogP contribution in [0.5, 0.6) is 0 Å². The van der Waals surface area contributed by atoms with Crippen LogP contribution in [0, 0.1) is 0 Å². The molecule has 5 aromatic rings. The van der Waals surface area contributed by atoms with Crippen LogP contribution in [0.25, 0.3) is 33.6 Å². The highest BCUT2D eigenvalue weighted by Gasteiger charge is 2.16. The molecule has 2 aromatic heterocycles. The number of rotatable bonds is 5. The van der Waals surface area contributed by atoms with Crippen molar-refractivity contribution >= 4 is 39.5 Å². The van der Waals surface area contributed by atoms with Crippen molar-refractivity contribution in [3.63, 3.8) is 0 Å². The molecule has 5 rings (SSSR count). The lowest BCUT2D eigenvalue weighted by Gasteiger charge is -2.08. The van der Waals surface area contributed by atoms with E-state index in [1.807, 2.05) is 91.0 Å². The number of H-pyrrole nitrogens is 1. The Balaban J connectivity index is 1.53. The number of carbonyl (C=O) groups excluding carboxylic acids is 1. The molecule has 0 unspecified atom stereocenters. The average molecular weight is 404 g/mol. The first-order valence-corrected chi connectivity index (χ1v) is 10.1. The van der Waals surface area contributed by atoms with Gasteiger partial charge in [0, 0.05) is 18.1 Å². The van der Waals surface area contributed by atoms with Crippen molar-refractivity contribution in [1.82, 2.24) is 20.3 Å². The van der Waals surface area contributed by atoms with Gasteiger partial charge in [0.1, 0.15) is 5.82 Å². The molecule has 0 aliphatic heterocycles. The molecular formula is C26H20N4O. The minimum Gasteiger partial charge on any atom is -0.348 e. The van der Waals surface area contributed by atoms with E-state index in [1.165, 1.54) is 0 Å². The van der Waals surface area contributed by atoms with Gasteiger partial charge >= 0.3 is 0 Å². The van der Waals surface area contributed by atoms with Crippen LogP contribution in [0.3, 0.4) is 0 Å². The van der Waals surface area contributed by atoms with Gasteiger partial charge in [0.25, 0.3) is 5.91 Å².